The molecule has 0 heterocycles. The van der Waals surface area contributed by atoms with Gasteiger partial charge in [0.25, 0.3) is 0 Å². The van der Waals surface area contributed by atoms with Gasteiger partial charge >= 0.3 is 6.18 Å². The molecule has 11 heteroatoms. The number of alkyl halides is 3. The third-order valence-corrected chi connectivity index (χ3v) is 7.98. The molecular weight excluding hydrogens is 567 g/mol. The van der Waals surface area contributed by atoms with Crippen LogP contribution in [0, 0.1) is 6.92 Å². The number of nitrogens with zero attached hydrogens (tertiary/aromatic N) is 2. The van der Waals surface area contributed by atoms with E-state index in [0.717, 1.165) is 47.9 Å². The second-order valence-corrected chi connectivity index (χ2v) is 12.0. The first-order valence-corrected chi connectivity index (χ1v) is 15.5. The van der Waals surface area contributed by atoms with Crippen LogP contribution in [-0.4, -0.2) is 50.5 Å². The molecular formula is C31H36F3N3O4S. The second kappa shape index (κ2) is 14.4. The molecule has 1 unspecified atom stereocenters. The van der Waals surface area contributed by atoms with Gasteiger partial charge in [0.1, 0.15) is 12.6 Å². The zero-order valence-corrected chi connectivity index (χ0v) is 24.7. The van der Waals surface area contributed by atoms with Gasteiger partial charge in [0.2, 0.25) is 21.8 Å². The summed E-state index contributed by atoms with van der Waals surface area (Å²) in [6.45, 7) is 3.43. The maximum atomic E-state index is 14.1. The van der Waals surface area contributed by atoms with E-state index in [0.29, 0.717) is 16.9 Å². The molecule has 3 aromatic rings. The van der Waals surface area contributed by atoms with Crippen molar-refractivity contribution in [3.63, 3.8) is 0 Å². The van der Waals surface area contributed by atoms with E-state index < -0.39 is 46.2 Å². The number of halogens is 3. The Labute approximate surface area is 245 Å². The summed E-state index contributed by atoms with van der Waals surface area (Å²) >= 11 is 0. The van der Waals surface area contributed by atoms with E-state index >= 15 is 0 Å². The van der Waals surface area contributed by atoms with Gasteiger partial charge in [-0.25, -0.2) is 8.42 Å². The standard InChI is InChI=1S/C31H36F3N3O4S/c1-4-5-18-35-30(39)28(19-24-13-7-6-8-14-24)36(21-25-15-10-9-12-23(25)2)29(38)22-37(42(3,40)41)27-17-11-16-26(20-27)31(32,33)34/h6-17,20,28H,4-5,18-19,21-22H2,1-3H3,(H,35,39). The first-order valence-electron chi connectivity index (χ1n) is 13.6. The molecule has 0 radical (unpaired) electrons. The topological polar surface area (TPSA) is 86.8 Å². The van der Waals surface area contributed by atoms with Crippen LogP contribution in [0.1, 0.15) is 42.0 Å². The highest BCUT2D eigenvalue weighted by Crippen LogP contribution is 2.32. The van der Waals surface area contributed by atoms with E-state index in [1.54, 1.807) is 6.07 Å². The lowest BCUT2D eigenvalue weighted by molar-refractivity contribution is -0.140. The minimum atomic E-state index is -4.71. The summed E-state index contributed by atoms with van der Waals surface area (Å²) in [5.41, 5.74) is 1.04. The maximum absolute atomic E-state index is 14.1. The fourth-order valence-corrected chi connectivity index (χ4v) is 5.32. The fraction of sp³-hybridized carbons (Fsp3) is 0.355. The van der Waals surface area contributed by atoms with Gasteiger partial charge in [-0.05, 0) is 48.2 Å². The van der Waals surface area contributed by atoms with E-state index in [-0.39, 0.29) is 18.7 Å². The van der Waals surface area contributed by atoms with Crippen LogP contribution in [0.3, 0.4) is 0 Å². The quantitative estimate of drug-likeness (QED) is 0.268. The van der Waals surface area contributed by atoms with Crippen molar-refractivity contribution in [2.45, 2.75) is 51.9 Å². The Kier molecular flexibility index (Phi) is 11.2. The predicted molar refractivity (Wildman–Crippen MR) is 157 cm³/mol. The van der Waals surface area contributed by atoms with Gasteiger partial charge in [0.05, 0.1) is 17.5 Å². The normalized spacial score (nSPS) is 12.4. The summed E-state index contributed by atoms with van der Waals surface area (Å²) in [5, 5.41) is 2.89. The van der Waals surface area contributed by atoms with Gasteiger partial charge in [0.15, 0.2) is 0 Å². The first-order chi connectivity index (χ1) is 19.8. The molecule has 0 aliphatic rings. The summed E-state index contributed by atoms with van der Waals surface area (Å²) in [6, 6.07) is 19.2. The lowest BCUT2D eigenvalue weighted by Crippen LogP contribution is -2.53. The SMILES string of the molecule is CCCCNC(=O)C(Cc1ccccc1)N(Cc1ccccc1C)C(=O)CN(c1cccc(C(F)(F)F)c1)S(C)(=O)=O. The Hall–Kier alpha value is -3.86. The highest BCUT2D eigenvalue weighted by atomic mass is 32.2. The third kappa shape index (κ3) is 9.07. The Bertz CT molecular complexity index is 1460. The molecule has 0 aliphatic carbocycles. The van der Waals surface area contributed by atoms with Gasteiger partial charge in [-0.1, -0.05) is 74.0 Å². The van der Waals surface area contributed by atoms with Crippen LogP contribution in [0.15, 0.2) is 78.9 Å². The number of nitrogens with one attached hydrogen (secondary N) is 1. The molecule has 0 bridgehead atoms. The zero-order chi connectivity index (χ0) is 30.9. The monoisotopic (exact) mass is 603 g/mol. The van der Waals surface area contributed by atoms with Crippen molar-refractivity contribution in [2.75, 3.05) is 23.7 Å². The van der Waals surface area contributed by atoms with E-state index in [1.807, 2.05) is 62.4 Å². The molecule has 2 amide bonds. The van der Waals surface area contributed by atoms with Crippen LogP contribution >= 0.6 is 0 Å². The number of carbonyl (C=O) groups is 2. The minimum absolute atomic E-state index is 0.00953. The number of carbonyl (C=O) groups excluding carboxylic acids is 2. The molecule has 226 valence electrons. The lowest BCUT2D eigenvalue weighted by Gasteiger charge is -2.34. The number of aryl methyl sites for hydroxylation is 1. The summed E-state index contributed by atoms with van der Waals surface area (Å²) in [7, 11) is -4.19. The van der Waals surface area contributed by atoms with E-state index in [4.69, 9.17) is 0 Å². The van der Waals surface area contributed by atoms with Gasteiger partial charge in [0, 0.05) is 19.5 Å². The van der Waals surface area contributed by atoms with Crippen molar-refractivity contribution in [3.05, 3.63) is 101 Å². The number of benzene rings is 3. The molecule has 0 spiro atoms. The number of unbranched alkanes of at least 4 members (excludes halogenated alkanes) is 1. The lowest BCUT2D eigenvalue weighted by atomic mass is 10.0. The molecule has 0 aromatic heterocycles. The molecule has 0 aliphatic heterocycles. The highest BCUT2D eigenvalue weighted by Gasteiger charge is 2.35. The third-order valence-electron chi connectivity index (χ3n) is 6.84. The number of rotatable bonds is 13. The molecule has 7 nitrogen and oxygen atoms in total. The van der Waals surface area contributed by atoms with Crippen molar-refractivity contribution in [1.29, 1.82) is 0 Å². The van der Waals surface area contributed by atoms with Crippen molar-refractivity contribution >= 4 is 27.5 Å². The smallest absolute Gasteiger partial charge is 0.354 e. The first kappa shape index (κ1) is 32.7. The van der Waals surface area contributed by atoms with Crippen LogP contribution in [0.4, 0.5) is 18.9 Å². The fourth-order valence-electron chi connectivity index (χ4n) is 4.48. The minimum Gasteiger partial charge on any atom is -0.354 e. The van der Waals surface area contributed by atoms with Crippen molar-refractivity contribution in [1.82, 2.24) is 10.2 Å². The van der Waals surface area contributed by atoms with E-state index in [2.05, 4.69) is 5.32 Å². The Balaban J connectivity index is 2.07. The van der Waals surface area contributed by atoms with Crippen molar-refractivity contribution in [2.24, 2.45) is 0 Å². The number of sulfonamides is 1. The maximum Gasteiger partial charge on any atom is 0.416 e. The average Bonchev–Trinajstić information content (AvgIpc) is 2.94. The van der Waals surface area contributed by atoms with Gasteiger partial charge in [-0.15, -0.1) is 0 Å². The number of hydrogen-bond acceptors (Lipinski definition) is 4. The molecule has 3 aromatic carbocycles. The van der Waals surface area contributed by atoms with E-state index in [1.165, 1.54) is 11.0 Å². The molecule has 3 rings (SSSR count). The summed E-state index contributed by atoms with van der Waals surface area (Å²) in [6.07, 6.45) is -2.16. The summed E-state index contributed by atoms with van der Waals surface area (Å²) in [4.78, 5) is 29.0. The van der Waals surface area contributed by atoms with Crippen LogP contribution in [0.25, 0.3) is 0 Å². The predicted octanol–water partition coefficient (Wildman–Crippen LogP) is 5.34. The van der Waals surface area contributed by atoms with Crippen molar-refractivity contribution in [3.8, 4) is 0 Å². The highest BCUT2D eigenvalue weighted by molar-refractivity contribution is 7.92. The molecule has 1 N–H and O–H groups in total. The summed E-state index contributed by atoms with van der Waals surface area (Å²) in [5.74, 6) is -1.13. The Morgan fingerprint density at radius 3 is 2.24 bits per heavy atom. The molecule has 0 saturated heterocycles. The summed E-state index contributed by atoms with van der Waals surface area (Å²) < 4.78 is 66.6. The van der Waals surface area contributed by atoms with Gasteiger partial charge < -0.3 is 10.2 Å². The van der Waals surface area contributed by atoms with Crippen LogP contribution in [-0.2, 0) is 38.8 Å². The van der Waals surface area contributed by atoms with Crippen LogP contribution < -0.4 is 9.62 Å². The van der Waals surface area contributed by atoms with Crippen molar-refractivity contribution < 1.29 is 31.2 Å². The molecule has 0 saturated carbocycles. The van der Waals surface area contributed by atoms with E-state index in [9.17, 15) is 31.2 Å². The average molecular weight is 604 g/mol. The number of amides is 2. The van der Waals surface area contributed by atoms with Crippen LogP contribution in [0.2, 0.25) is 0 Å². The Morgan fingerprint density at radius 1 is 0.952 bits per heavy atom. The largest absolute Gasteiger partial charge is 0.416 e. The van der Waals surface area contributed by atoms with Gasteiger partial charge in [-0.2, -0.15) is 13.2 Å². The molecule has 0 fully saturated rings. The molecule has 42 heavy (non-hydrogen) atoms. The Morgan fingerprint density at radius 2 is 1.62 bits per heavy atom. The second-order valence-electron chi connectivity index (χ2n) is 10.1. The zero-order valence-electron chi connectivity index (χ0n) is 23.9. The number of hydrogen-bond donors (Lipinski definition) is 1. The van der Waals surface area contributed by atoms with Crippen LogP contribution in [0.5, 0.6) is 0 Å². The number of anilines is 1. The molecule has 1 atom stereocenters. The van der Waals surface area contributed by atoms with Gasteiger partial charge in [-0.3, -0.25) is 13.9 Å².